The van der Waals surface area contributed by atoms with Crippen molar-refractivity contribution in [1.29, 1.82) is 0 Å². The Morgan fingerprint density at radius 2 is 1.90 bits per heavy atom. The Balaban J connectivity index is 1.24. The number of rotatable bonds is 9. The number of halogens is 3. The summed E-state index contributed by atoms with van der Waals surface area (Å²) in [5, 5.41) is 13.6. The number of pyridine rings is 1. The lowest BCUT2D eigenvalue weighted by molar-refractivity contribution is -0.136. The number of anilines is 1. The fraction of sp³-hybridized carbons (Fsp3) is 0.767. The highest BCUT2D eigenvalue weighted by atomic mass is 19.4. The zero-order valence-electron chi connectivity index (χ0n) is 23.4. The number of nitrogens with one attached hydrogen (secondary N) is 1. The van der Waals surface area contributed by atoms with Gasteiger partial charge in [0.2, 0.25) is 11.8 Å². The molecule has 2 aromatic rings. The lowest BCUT2D eigenvalue weighted by Crippen LogP contribution is -2.47. The summed E-state index contributed by atoms with van der Waals surface area (Å²) in [5.41, 5.74) is 2.10. The molecule has 0 aliphatic heterocycles. The van der Waals surface area contributed by atoms with Crippen LogP contribution in [-0.2, 0) is 4.74 Å². The molecule has 0 aromatic carbocycles. The van der Waals surface area contributed by atoms with E-state index in [2.05, 4.69) is 10.3 Å². The second-order valence-corrected chi connectivity index (χ2v) is 13.0. The van der Waals surface area contributed by atoms with Crippen molar-refractivity contribution < 1.29 is 27.8 Å². The summed E-state index contributed by atoms with van der Waals surface area (Å²) in [6.45, 7) is 2.32. The number of hydrogen-bond donors (Lipinski definition) is 2. The summed E-state index contributed by atoms with van der Waals surface area (Å²) in [6.07, 6.45) is 8.07. The Labute approximate surface area is 233 Å². The van der Waals surface area contributed by atoms with Gasteiger partial charge >= 0.3 is 6.18 Å². The molecule has 7 nitrogen and oxygen atoms in total. The second-order valence-electron chi connectivity index (χ2n) is 13.0. The first-order chi connectivity index (χ1) is 19.1. The van der Waals surface area contributed by atoms with Gasteiger partial charge in [-0.2, -0.15) is 13.2 Å². The maximum Gasteiger partial charge on any atom is 0.391 e. The number of aliphatic hydroxyl groups excluding tert-OH is 1. The van der Waals surface area contributed by atoms with Crippen molar-refractivity contribution in [3.05, 3.63) is 18.0 Å². The van der Waals surface area contributed by atoms with Gasteiger partial charge in [0, 0.05) is 37.7 Å². The molecule has 220 valence electrons. The number of fused-ring (bicyclic) bond motifs is 2. The summed E-state index contributed by atoms with van der Waals surface area (Å²) in [4.78, 5) is 13.9. The standard InChI is InChI=1S/C30H41F3N4O3/c1-17(12-30(31,32)33)36-28-35-16-24-26(37-28)23(19-3-5-21(38)6-4-19)15-34-27(24)40-22-9-18-10-25-20(11-22)14-29(25,13-18)7-8-39-2/h15-22,25,38H,3-14H2,1-2H3,(H,35,36,37)/t17-,18-,19-,20-,21-,22-,25?,29?/m0/s1. The van der Waals surface area contributed by atoms with Crippen molar-refractivity contribution in [2.75, 3.05) is 19.0 Å². The first kappa shape index (κ1) is 27.9. The highest BCUT2D eigenvalue weighted by molar-refractivity contribution is 5.86. The van der Waals surface area contributed by atoms with Gasteiger partial charge in [0.1, 0.15) is 6.10 Å². The molecule has 4 fully saturated rings. The van der Waals surface area contributed by atoms with Crippen LogP contribution in [0.25, 0.3) is 10.9 Å². The van der Waals surface area contributed by atoms with Crippen molar-refractivity contribution in [3.63, 3.8) is 0 Å². The lowest BCUT2D eigenvalue weighted by atomic mass is 9.52. The van der Waals surface area contributed by atoms with Gasteiger partial charge in [-0.25, -0.2) is 15.0 Å². The molecule has 6 rings (SSSR count). The molecule has 2 bridgehead atoms. The number of hydrogen-bond acceptors (Lipinski definition) is 7. The van der Waals surface area contributed by atoms with E-state index in [4.69, 9.17) is 19.4 Å². The van der Waals surface area contributed by atoms with E-state index >= 15 is 0 Å². The SMILES string of the molecule is COCCC12C[C@@H]3CC1[C@@H](C[C@@H](Oc1ncc([C@H]4CC[C@H](O)CC4)c4nc(N[C@@H](C)CC(F)(F)F)ncc14)C3)C2. The van der Waals surface area contributed by atoms with Gasteiger partial charge in [0.15, 0.2) is 0 Å². The van der Waals surface area contributed by atoms with Crippen LogP contribution in [0.2, 0.25) is 0 Å². The average Bonchev–Trinajstić information content (AvgIpc) is 3.06. The molecule has 2 heterocycles. The predicted octanol–water partition coefficient (Wildman–Crippen LogP) is 6.41. The Morgan fingerprint density at radius 1 is 1.10 bits per heavy atom. The number of aromatic nitrogens is 3. The number of methoxy groups -OCH3 is 1. The third kappa shape index (κ3) is 5.62. The van der Waals surface area contributed by atoms with Crippen molar-refractivity contribution in [1.82, 2.24) is 15.0 Å². The molecule has 10 heteroatoms. The van der Waals surface area contributed by atoms with Crippen LogP contribution in [0.1, 0.15) is 89.0 Å². The van der Waals surface area contributed by atoms with Crippen molar-refractivity contribution in [2.45, 2.75) is 108 Å². The first-order valence-electron chi connectivity index (χ1n) is 14.9. The molecule has 0 radical (unpaired) electrons. The molecule has 4 aliphatic rings. The van der Waals surface area contributed by atoms with Gasteiger partial charge in [0.05, 0.1) is 23.4 Å². The summed E-state index contributed by atoms with van der Waals surface area (Å²) < 4.78 is 50.8. The number of alkyl halides is 3. The average molecular weight is 563 g/mol. The molecule has 6 atom stereocenters. The molecule has 40 heavy (non-hydrogen) atoms. The van der Waals surface area contributed by atoms with Gasteiger partial charge in [0.25, 0.3) is 0 Å². The topological polar surface area (TPSA) is 89.4 Å². The first-order valence-corrected chi connectivity index (χ1v) is 14.9. The van der Waals surface area contributed by atoms with E-state index in [1.165, 1.54) is 26.2 Å². The fourth-order valence-electron chi connectivity index (χ4n) is 8.52. The quantitative estimate of drug-likeness (QED) is 0.365. The zero-order valence-corrected chi connectivity index (χ0v) is 23.4. The predicted molar refractivity (Wildman–Crippen MR) is 145 cm³/mol. The smallest absolute Gasteiger partial charge is 0.391 e. The molecule has 4 saturated carbocycles. The third-order valence-electron chi connectivity index (χ3n) is 10.2. The minimum atomic E-state index is -4.27. The zero-order chi connectivity index (χ0) is 28.1. The molecular formula is C30H41F3N4O3. The van der Waals surface area contributed by atoms with Gasteiger partial charge in [-0.05, 0) is 100 Å². The number of aliphatic hydroxyl groups is 1. The van der Waals surface area contributed by atoms with Crippen LogP contribution in [-0.4, -0.2) is 58.2 Å². The van der Waals surface area contributed by atoms with E-state index in [9.17, 15) is 18.3 Å². The van der Waals surface area contributed by atoms with Crippen LogP contribution in [0.4, 0.5) is 19.1 Å². The van der Waals surface area contributed by atoms with E-state index in [0.717, 1.165) is 50.2 Å². The van der Waals surface area contributed by atoms with Crippen LogP contribution >= 0.6 is 0 Å². The Kier molecular flexibility index (Phi) is 7.61. The number of ether oxygens (including phenoxy) is 2. The summed E-state index contributed by atoms with van der Waals surface area (Å²) in [6, 6.07) is -0.858. The largest absolute Gasteiger partial charge is 0.474 e. The van der Waals surface area contributed by atoms with Crippen LogP contribution < -0.4 is 10.1 Å². The van der Waals surface area contributed by atoms with Crippen LogP contribution in [0.3, 0.4) is 0 Å². The normalized spacial score (nSPS) is 34.2. The lowest BCUT2D eigenvalue weighted by Gasteiger charge is -2.53. The molecule has 0 amide bonds. The van der Waals surface area contributed by atoms with E-state index < -0.39 is 18.6 Å². The van der Waals surface area contributed by atoms with E-state index in [-0.39, 0.29) is 24.1 Å². The Morgan fingerprint density at radius 3 is 2.65 bits per heavy atom. The van der Waals surface area contributed by atoms with Gasteiger partial charge in [-0.15, -0.1) is 0 Å². The fourth-order valence-corrected chi connectivity index (χ4v) is 8.52. The van der Waals surface area contributed by atoms with Gasteiger partial charge < -0.3 is 19.9 Å². The number of nitrogens with zero attached hydrogens (tertiary/aromatic N) is 3. The van der Waals surface area contributed by atoms with Gasteiger partial charge in [-0.3, -0.25) is 0 Å². The van der Waals surface area contributed by atoms with E-state index in [1.807, 2.05) is 6.20 Å². The van der Waals surface area contributed by atoms with E-state index in [0.29, 0.717) is 46.9 Å². The van der Waals surface area contributed by atoms with Crippen LogP contribution in [0, 0.1) is 23.2 Å². The maximum atomic E-state index is 12.9. The highest BCUT2D eigenvalue weighted by Gasteiger charge is 2.60. The Hall–Kier alpha value is -2.20. The molecule has 2 N–H and O–H groups in total. The molecule has 2 unspecified atom stereocenters. The van der Waals surface area contributed by atoms with Crippen molar-refractivity contribution >= 4 is 16.9 Å². The molecule has 0 spiro atoms. The maximum absolute atomic E-state index is 12.9. The highest BCUT2D eigenvalue weighted by Crippen LogP contribution is 2.68. The molecule has 2 aromatic heterocycles. The minimum Gasteiger partial charge on any atom is -0.474 e. The monoisotopic (exact) mass is 562 g/mol. The Bertz CT molecular complexity index is 1200. The van der Waals surface area contributed by atoms with Gasteiger partial charge in [-0.1, -0.05) is 0 Å². The molecular weight excluding hydrogens is 521 g/mol. The summed E-state index contributed by atoms with van der Waals surface area (Å²) in [5.74, 6) is 2.96. The van der Waals surface area contributed by atoms with Crippen LogP contribution in [0.15, 0.2) is 12.4 Å². The minimum absolute atomic E-state index is 0.0803. The summed E-state index contributed by atoms with van der Waals surface area (Å²) >= 11 is 0. The van der Waals surface area contributed by atoms with Crippen molar-refractivity contribution in [3.8, 4) is 5.88 Å². The van der Waals surface area contributed by atoms with Crippen LogP contribution in [0.5, 0.6) is 5.88 Å². The summed E-state index contributed by atoms with van der Waals surface area (Å²) in [7, 11) is 1.79. The molecule has 4 aliphatic carbocycles. The second kappa shape index (κ2) is 10.9. The molecule has 0 saturated heterocycles. The van der Waals surface area contributed by atoms with Crippen molar-refractivity contribution in [2.24, 2.45) is 23.2 Å². The third-order valence-corrected chi connectivity index (χ3v) is 10.2. The van der Waals surface area contributed by atoms with E-state index in [1.54, 1.807) is 13.3 Å².